The number of nitrogens with one attached hydrogen (secondary N) is 2. The summed E-state index contributed by atoms with van der Waals surface area (Å²) in [5.41, 5.74) is 16.9. The first-order valence-corrected chi connectivity index (χ1v) is 8.93. The van der Waals surface area contributed by atoms with Crippen LogP contribution in [0.3, 0.4) is 0 Å². The summed E-state index contributed by atoms with van der Waals surface area (Å²) in [6.45, 7) is 0.621. The SMILES string of the molecule is Nc1ccc(OCC2CC(c3ccc(-c4ccccc4)cc3)NN2)cc1. The molecule has 4 N–H and O–H groups in total. The molecule has 3 aromatic carbocycles. The molecule has 0 spiro atoms. The molecule has 3 aromatic rings. The van der Waals surface area contributed by atoms with Gasteiger partial charge in [0.1, 0.15) is 12.4 Å². The molecule has 0 amide bonds. The van der Waals surface area contributed by atoms with Crippen LogP contribution in [0.2, 0.25) is 0 Å². The molecule has 1 saturated heterocycles. The first-order chi connectivity index (χ1) is 12.8. The number of rotatable bonds is 5. The van der Waals surface area contributed by atoms with Crippen molar-refractivity contribution in [2.45, 2.75) is 18.5 Å². The molecule has 2 unspecified atom stereocenters. The van der Waals surface area contributed by atoms with Gasteiger partial charge in [-0.3, -0.25) is 5.43 Å². The standard InChI is InChI=1S/C22H23N3O/c23-19-10-12-21(13-11-19)26-15-20-14-22(25-24-20)18-8-6-17(7-9-18)16-4-2-1-3-5-16/h1-13,20,22,24-25H,14-15,23H2. The predicted octanol–water partition coefficient (Wildman–Crippen LogP) is 3.92. The summed E-state index contributed by atoms with van der Waals surface area (Å²) in [5.74, 6) is 0.844. The van der Waals surface area contributed by atoms with Crippen LogP contribution in [0.1, 0.15) is 18.0 Å². The number of nitrogens with two attached hydrogens (primary N) is 1. The Hall–Kier alpha value is -2.82. The normalized spacial score (nSPS) is 19.4. The second-order valence-electron chi connectivity index (χ2n) is 6.64. The minimum atomic E-state index is 0.270. The molecule has 4 nitrogen and oxygen atoms in total. The predicted molar refractivity (Wildman–Crippen MR) is 106 cm³/mol. The lowest BCUT2D eigenvalue weighted by Crippen LogP contribution is -2.34. The second kappa shape index (κ2) is 7.60. The molecular weight excluding hydrogens is 322 g/mol. The third-order valence-electron chi connectivity index (χ3n) is 4.73. The van der Waals surface area contributed by atoms with Crippen molar-refractivity contribution in [1.82, 2.24) is 10.9 Å². The van der Waals surface area contributed by atoms with Crippen LogP contribution < -0.4 is 21.3 Å². The molecule has 0 radical (unpaired) electrons. The molecule has 1 heterocycles. The van der Waals surface area contributed by atoms with E-state index in [4.69, 9.17) is 10.5 Å². The summed E-state index contributed by atoms with van der Waals surface area (Å²) in [4.78, 5) is 0. The van der Waals surface area contributed by atoms with Gasteiger partial charge in [0.05, 0.1) is 6.04 Å². The van der Waals surface area contributed by atoms with Crippen LogP contribution in [0.25, 0.3) is 11.1 Å². The van der Waals surface area contributed by atoms with Gasteiger partial charge in [0.15, 0.2) is 0 Å². The molecule has 1 aliphatic heterocycles. The van der Waals surface area contributed by atoms with Crippen LogP contribution >= 0.6 is 0 Å². The van der Waals surface area contributed by atoms with E-state index >= 15 is 0 Å². The highest BCUT2D eigenvalue weighted by Crippen LogP contribution is 2.26. The molecule has 1 fully saturated rings. The van der Waals surface area contributed by atoms with Gasteiger partial charge >= 0.3 is 0 Å². The Balaban J connectivity index is 1.34. The Kier molecular flexibility index (Phi) is 4.86. The van der Waals surface area contributed by atoms with E-state index in [1.54, 1.807) is 0 Å². The molecule has 4 rings (SSSR count). The van der Waals surface area contributed by atoms with Crippen LogP contribution in [0, 0.1) is 0 Å². The monoisotopic (exact) mass is 345 g/mol. The van der Waals surface area contributed by atoms with Gasteiger partial charge in [0.25, 0.3) is 0 Å². The number of hydrogen-bond donors (Lipinski definition) is 3. The minimum Gasteiger partial charge on any atom is -0.492 e. The topological polar surface area (TPSA) is 59.3 Å². The molecule has 0 aromatic heterocycles. The van der Waals surface area contributed by atoms with Crippen LogP contribution in [-0.2, 0) is 0 Å². The van der Waals surface area contributed by atoms with E-state index in [0.29, 0.717) is 12.6 Å². The third kappa shape index (κ3) is 3.87. The summed E-state index contributed by atoms with van der Waals surface area (Å²) in [6.07, 6.45) is 0.986. The highest BCUT2D eigenvalue weighted by molar-refractivity contribution is 5.63. The summed E-state index contributed by atoms with van der Waals surface area (Å²) in [6, 6.07) is 27.3. The smallest absolute Gasteiger partial charge is 0.119 e. The van der Waals surface area contributed by atoms with Crippen molar-refractivity contribution in [1.29, 1.82) is 0 Å². The van der Waals surface area contributed by atoms with E-state index in [0.717, 1.165) is 17.9 Å². The largest absolute Gasteiger partial charge is 0.492 e. The Morgan fingerprint density at radius 2 is 1.50 bits per heavy atom. The maximum atomic E-state index is 5.85. The minimum absolute atomic E-state index is 0.270. The fourth-order valence-corrected chi connectivity index (χ4v) is 3.25. The lowest BCUT2D eigenvalue weighted by molar-refractivity contribution is 0.273. The van der Waals surface area contributed by atoms with Crippen molar-refractivity contribution in [2.24, 2.45) is 0 Å². The molecule has 26 heavy (non-hydrogen) atoms. The zero-order chi connectivity index (χ0) is 17.8. The van der Waals surface area contributed by atoms with Crippen LogP contribution in [0.4, 0.5) is 5.69 Å². The van der Waals surface area contributed by atoms with Gasteiger partial charge in [-0.1, -0.05) is 54.6 Å². The van der Waals surface area contributed by atoms with Crippen LogP contribution in [0.15, 0.2) is 78.9 Å². The first kappa shape index (κ1) is 16.6. The fourth-order valence-electron chi connectivity index (χ4n) is 3.25. The lowest BCUT2D eigenvalue weighted by atomic mass is 9.98. The van der Waals surface area contributed by atoms with Crippen molar-refractivity contribution in [3.8, 4) is 16.9 Å². The maximum absolute atomic E-state index is 5.85. The summed E-state index contributed by atoms with van der Waals surface area (Å²) in [5, 5.41) is 0. The average molecular weight is 345 g/mol. The van der Waals surface area contributed by atoms with Gasteiger partial charge in [-0.15, -0.1) is 0 Å². The van der Waals surface area contributed by atoms with Gasteiger partial charge in [0, 0.05) is 11.7 Å². The van der Waals surface area contributed by atoms with E-state index < -0.39 is 0 Å². The van der Waals surface area contributed by atoms with Gasteiger partial charge in [-0.25, -0.2) is 5.43 Å². The highest BCUT2D eigenvalue weighted by Gasteiger charge is 2.25. The van der Waals surface area contributed by atoms with Crippen LogP contribution in [0.5, 0.6) is 5.75 Å². The molecule has 0 bridgehead atoms. The molecule has 4 heteroatoms. The number of ether oxygens (including phenoxy) is 1. The Labute approximate surface area is 154 Å². The van der Waals surface area contributed by atoms with E-state index in [1.807, 2.05) is 30.3 Å². The molecule has 0 aliphatic carbocycles. The summed E-state index contributed by atoms with van der Waals surface area (Å²) in [7, 11) is 0. The van der Waals surface area contributed by atoms with Gasteiger partial charge in [0.2, 0.25) is 0 Å². The van der Waals surface area contributed by atoms with Crippen molar-refractivity contribution < 1.29 is 4.74 Å². The zero-order valence-electron chi connectivity index (χ0n) is 14.6. The number of benzene rings is 3. The molecule has 2 atom stereocenters. The number of anilines is 1. The van der Waals surface area contributed by atoms with Crippen molar-refractivity contribution in [3.63, 3.8) is 0 Å². The van der Waals surface area contributed by atoms with E-state index in [9.17, 15) is 0 Å². The van der Waals surface area contributed by atoms with Crippen LogP contribution in [-0.4, -0.2) is 12.6 Å². The zero-order valence-corrected chi connectivity index (χ0v) is 14.6. The highest BCUT2D eigenvalue weighted by atomic mass is 16.5. The number of nitrogen functional groups attached to an aromatic ring is 1. The molecule has 132 valence electrons. The fraction of sp³-hybridized carbons (Fsp3) is 0.182. The summed E-state index contributed by atoms with van der Waals surface area (Å²) >= 11 is 0. The Morgan fingerprint density at radius 1 is 0.808 bits per heavy atom. The Bertz CT molecular complexity index is 832. The molecule has 1 aliphatic rings. The van der Waals surface area contributed by atoms with Crippen molar-refractivity contribution in [3.05, 3.63) is 84.4 Å². The van der Waals surface area contributed by atoms with E-state index in [-0.39, 0.29) is 6.04 Å². The van der Waals surface area contributed by atoms with E-state index in [2.05, 4.69) is 59.4 Å². The van der Waals surface area contributed by atoms with Crippen molar-refractivity contribution in [2.75, 3.05) is 12.3 Å². The molecular formula is C22H23N3O. The third-order valence-corrected chi connectivity index (χ3v) is 4.73. The number of hydrogen-bond acceptors (Lipinski definition) is 4. The molecule has 0 saturated carbocycles. The van der Waals surface area contributed by atoms with Gasteiger partial charge in [-0.2, -0.15) is 0 Å². The average Bonchev–Trinajstić information content (AvgIpc) is 3.17. The number of hydrazine groups is 1. The van der Waals surface area contributed by atoms with Gasteiger partial charge in [-0.05, 0) is 47.4 Å². The Morgan fingerprint density at radius 3 is 2.23 bits per heavy atom. The van der Waals surface area contributed by atoms with Crippen molar-refractivity contribution >= 4 is 5.69 Å². The van der Waals surface area contributed by atoms with E-state index in [1.165, 1.54) is 16.7 Å². The second-order valence-corrected chi connectivity index (χ2v) is 6.64. The summed E-state index contributed by atoms with van der Waals surface area (Å²) < 4.78 is 5.85. The first-order valence-electron chi connectivity index (χ1n) is 8.93. The lowest BCUT2D eigenvalue weighted by Gasteiger charge is -2.12. The van der Waals surface area contributed by atoms with Gasteiger partial charge < -0.3 is 10.5 Å². The quantitative estimate of drug-likeness (QED) is 0.614. The maximum Gasteiger partial charge on any atom is 0.119 e.